The number of rotatable bonds is 8. The van der Waals surface area contributed by atoms with Crippen LogP contribution in [0.5, 0.6) is 5.75 Å². The maximum atomic E-state index is 14.2. The molecule has 3 fully saturated rings. The highest BCUT2D eigenvalue weighted by Crippen LogP contribution is 2.37. The van der Waals surface area contributed by atoms with E-state index in [0.717, 1.165) is 36.5 Å². The average Bonchev–Trinajstić information content (AvgIpc) is 3.44. The topological polar surface area (TPSA) is 99.2 Å². The Morgan fingerprint density at radius 3 is 2.56 bits per heavy atom. The fraction of sp³-hybridized carbons (Fsp3) is 0.394. The van der Waals surface area contributed by atoms with E-state index in [2.05, 4.69) is 21.0 Å². The summed E-state index contributed by atoms with van der Waals surface area (Å²) in [6.45, 7) is 6.56. The number of pyridine rings is 2. The highest BCUT2D eigenvalue weighted by atomic mass is 19.1. The molecule has 4 aromatic rings. The molecule has 0 spiro atoms. The van der Waals surface area contributed by atoms with Crippen molar-refractivity contribution in [1.82, 2.24) is 19.5 Å². The van der Waals surface area contributed by atoms with Crippen LogP contribution in [0.4, 0.5) is 25.1 Å². The Labute approximate surface area is 260 Å². The number of alkyl halides is 1. The molecule has 0 aliphatic carbocycles. The van der Waals surface area contributed by atoms with Crippen molar-refractivity contribution in [2.45, 2.75) is 51.4 Å². The van der Waals surface area contributed by atoms with Crippen LogP contribution in [-0.4, -0.2) is 76.7 Å². The van der Waals surface area contributed by atoms with Gasteiger partial charge in [0.2, 0.25) is 0 Å². The van der Waals surface area contributed by atoms with Gasteiger partial charge in [-0.15, -0.1) is 0 Å². The van der Waals surface area contributed by atoms with Crippen LogP contribution in [-0.2, 0) is 11.3 Å². The number of anilines is 2. The first-order chi connectivity index (χ1) is 21.6. The van der Waals surface area contributed by atoms with Gasteiger partial charge in [0.1, 0.15) is 24.2 Å². The molecule has 45 heavy (non-hydrogen) atoms. The van der Waals surface area contributed by atoms with Crippen molar-refractivity contribution in [2.75, 3.05) is 43.2 Å². The van der Waals surface area contributed by atoms with E-state index in [4.69, 9.17) is 14.5 Å². The van der Waals surface area contributed by atoms with Crippen molar-refractivity contribution in [3.8, 4) is 22.9 Å². The van der Waals surface area contributed by atoms with Gasteiger partial charge in [0, 0.05) is 49.0 Å². The SMILES string of the molecule is COc1ccc(CN2C3CC2CN(c2ccc(-c4cc(N(CCF)C(=O)OC(C)(C)C)cn5ncc(C#N)c45)cn2)C3)cc1F. The minimum absolute atomic E-state index is 0.203. The third-order valence-corrected chi connectivity index (χ3v) is 8.26. The van der Waals surface area contributed by atoms with Gasteiger partial charge in [-0.3, -0.25) is 9.80 Å². The zero-order valence-corrected chi connectivity index (χ0v) is 25.7. The minimum atomic E-state index is -0.766. The quantitative estimate of drug-likeness (QED) is 0.253. The van der Waals surface area contributed by atoms with Crippen LogP contribution in [0.25, 0.3) is 16.6 Å². The second-order valence-electron chi connectivity index (χ2n) is 12.4. The third-order valence-electron chi connectivity index (χ3n) is 8.26. The number of amides is 1. The van der Waals surface area contributed by atoms with Crippen molar-refractivity contribution in [3.05, 3.63) is 71.9 Å². The summed E-state index contributed by atoms with van der Waals surface area (Å²) in [5.41, 5.74) is 2.81. The van der Waals surface area contributed by atoms with Gasteiger partial charge in [-0.2, -0.15) is 10.4 Å². The normalized spacial score (nSPS) is 17.9. The second-order valence-corrected chi connectivity index (χ2v) is 12.4. The molecule has 3 aliphatic heterocycles. The minimum Gasteiger partial charge on any atom is -0.494 e. The number of benzene rings is 1. The van der Waals surface area contributed by atoms with Gasteiger partial charge in [0.15, 0.2) is 11.6 Å². The summed E-state index contributed by atoms with van der Waals surface area (Å²) >= 11 is 0. The van der Waals surface area contributed by atoms with Crippen LogP contribution >= 0.6 is 0 Å². The average molecular weight is 616 g/mol. The molecule has 10 nitrogen and oxygen atoms in total. The van der Waals surface area contributed by atoms with Gasteiger partial charge in [-0.05, 0) is 63.1 Å². The van der Waals surface area contributed by atoms with Crippen LogP contribution in [0.1, 0.15) is 38.3 Å². The largest absolute Gasteiger partial charge is 0.494 e. The van der Waals surface area contributed by atoms with Gasteiger partial charge >= 0.3 is 6.09 Å². The molecule has 1 aromatic carbocycles. The number of nitrogens with zero attached hydrogens (tertiary/aromatic N) is 7. The van der Waals surface area contributed by atoms with E-state index in [1.165, 1.54) is 22.7 Å². The summed E-state index contributed by atoms with van der Waals surface area (Å²) < 4.78 is 39.9. The number of halogens is 2. The second kappa shape index (κ2) is 12.0. The van der Waals surface area contributed by atoms with E-state index in [1.54, 1.807) is 51.4 Å². The molecule has 2 atom stereocenters. The van der Waals surface area contributed by atoms with E-state index in [9.17, 15) is 18.8 Å². The number of ether oxygens (including phenoxy) is 2. The first-order valence-corrected chi connectivity index (χ1v) is 14.9. The Kier molecular flexibility index (Phi) is 8.05. The number of hydrogen-bond acceptors (Lipinski definition) is 8. The first kappa shape index (κ1) is 30.3. The van der Waals surface area contributed by atoms with E-state index in [0.29, 0.717) is 41.0 Å². The molecule has 3 aliphatic rings. The summed E-state index contributed by atoms with van der Waals surface area (Å²) in [4.78, 5) is 23.7. The Morgan fingerprint density at radius 1 is 1.16 bits per heavy atom. The Bertz CT molecular complexity index is 1750. The molecular formula is C33H35F2N7O3. The molecule has 1 amide bonds. The molecule has 0 N–H and O–H groups in total. The maximum Gasteiger partial charge on any atom is 0.414 e. The van der Waals surface area contributed by atoms with E-state index < -0.39 is 18.4 Å². The van der Waals surface area contributed by atoms with Crippen LogP contribution in [0, 0.1) is 17.1 Å². The molecule has 3 saturated heterocycles. The number of methoxy groups -OCH3 is 1. The number of piperazine rings is 1. The Morgan fingerprint density at radius 2 is 1.93 bits per heavy atom. The summed E-state index contributed by atoms with van der Waals surface area (Å²) in [5.74, 6) is 0.720. The lowest BCUT2D eigenvalue weighted by Gasteiger charge is -2.56. The first-order valence-electron chi connectivity index (χ1n) is 14.9. The lowest BCUT2D eigenvalue weighted by atomic mass is 9.86. The van der Waals surface area contributed by atoms with Crippen LogP contribution in [0.15, 0.2) is 55.0 Å². The van der Waals surface area contributed by atoms with Crippen molar-refractivity contribution < 1.29 is 23.0 Å². The van der Waals surface area contributed by atoms with Crippen LogP contribution < -0.4 is 14.5 Å². The number of nitriles is 1. The fourth-order valence-electron chi connectivity index (χ4n) is 6.17. The fourth-order valence-corrected chi connectivity index (χ4v) is 6.17. The summed E-state index contributed by atoms with van der Waals surface area (Å²) in [5, 5.41) is 14.1. The molecule has 6 heterocycles. The predicted octanol–water partition coefficient (Wildman–Crippen LogP) is 5.59. The van der Waals surface area contributed by atoms with E-state index in [-0.39, 0.29) is 18.1 Å². The number of aromatic nitrogens is 3. The molecule has 12 heteroatoms. The van der Waals surface area contributed by atoms with Crippen molar-refractivity contribution in [3.63, 3.8) is 0 Å². The highest BCUT2D eigenvalue weighted by Gasteiger charge is 2.44. The molecule has 3 aromatic heterocycles. The lowest BCUT2D eigenvalue weighted by Crippen LogP contribution is -2.68. The van der Waals surface area contributed by atoms with Crippen LogP contribution in [0.3, 0.4) is 0 Å². The number of piperidine rings is 1. The van der Waals surface area contributed by atoms with Crippen LogP contribution in [0.2, 0.25) is 0 Å². The third kappa shape index (κ3) is 6.00. The summed E-state index contributed by atoms with van der Waals surface area (Å²) in [6.07, 6.45) is 5.20. The van der Waals surface area contributed by atoms with Crippen molar-refractivity contribution in [1.29, 1.82) is 5.26 Å². The van der Waals surface area contributed by atoms with Gasteiger partial charge < -0.3 is 14.4 Å². The zero-order chi connectivity index (χ0) is 31.9. The van der Waals surface area contributed by atoms with Gasteiger partial charge in [-0.25, -0.2) is 23.1 Å². The molecular weight excluding hydrogens is 580 g/mol. The number of carbonyl (C=O) groups is 1. The number of hydrogen-bond donors (Lipinski definition) is 0. The molecule has 0 radical (unpaired) electrons. The number of fused-ring (bicyclic) bond motifs is 3. The maximum absolute atomic E-state index is 14.2. The van der Waals surface area contributed by atoms with E-state index >= 15 is 0 Å². The number of carbonyl (C=O) groups excluding carboxylic acids is 1. The van der Waals surface area contributed by atoms with Crippen molar-refractivity contribution in [2.24, 2.45) is 0 Å². The Hall–Kier alpha value is -4.76. The van der Waals surface area contributed by atoms with E-state index in [1.807, 2.05) is 18.2 Å². The van der Waals surface area contributed by atoms with Gasteiger partial charge in [-0.1, -0.05) is 6.07 Å². The molecule has 7 rings (SSSR count). The van der Waals surface area contributed by atoms with Gasteiger partial charge in [0.25, 0.3) is 0 Å². The van der Waals surface area contributed by atoms with Gasteiger partial charge in [0.05, 0.1) is 42.8 Å². The predicted molar refractivity (Wildman–Crippen MR) is 166 cm³/mol. The molecule has 0 saturated carbocycles. The Balaban J connectivity index is 1.23. The monoisotopic (exact) mass is 615 g/mol. The zero-order valence-electron chi connectivity index (χ0n) is 25.7. The summed E-state index contributed by atoms with van der Waals surface area (Å²) in [7, 11) is 1.46. The standard InChI is InChI=1S/C33H35F2N7O3/c1-33(2,3)45-32(43)40(10-9-34)26-13-27(31-23(14-36)16-38-42(31)20-26)22-6-8-30(37-15-22)39-18-24-12-25(19-39)41(24)17-21-5-7-29(44-4)28(35)11-21/h5-8,11,13,15-16,20,24-25H,9-10,12,17-19H2,1-4H3. The lowest BCUT2D eigenvalue weighted by molar-refractivity contribution is -0.00875. The molecule has 2 unspecified atom stereocenters. The molecule has 234 valence electrons. The molecule has 2 bridgehead atoms. The summed E-state index contributed by atoms with van der Waals surface area (Å²) in [6, 6.07) is 13.6. The smallest absolute Gasteiger partial charge is 0.414 e. The highest BCUT2D eigenvalue weighted by molar-refractivity contribution is 5.92. The van der Waals surface area contributed by atoms with Crippen molar-refractivity contribution >= 4 is 23.1 Å².